The molecular weight excluding hydrogens is 732 g/mol. The third-order valence-corrected chi connectivity index (χ3v) is 7.88. The van der Waals surface area contributed by atoms with Crippen LogP contribution in [0.5, 0.6) is 5.75 Å². The SMILES string of the molecule is CCCCCCCCCC(O)(COCCOCCOCCOCCOCCOCCOCCOCCOCCOCCOCCOCCO)Oc1ccccc1. The summed E-state index contributed by atoms with van der Waals surface area (Å²) in [5.41, 5.74) is 0. The molecule has 1 atom stereocenters. The first-order chi connectivity index (χ1) is 27.7. The molecule has 0 heterocycles. The van der Waals surface area contributed by atoms with Crippen molar-refractivity contribution >= 4 is 0 Å². The van der Waals surface area contributed by atoms with Gasteiger partial charge in [-0.1, -0.05) is 63.6 Å². The van der Waals surface area contributed by atoms with Gasteiger partial charge >= 0.3 is 0 Å². The number of unbranched alkanes of at least 4 members (excludes halogenated alkanes) is 6. The van der Waals surface area contributed by atoms with Gasteiger partial charge in [0.05, 0.1) is 159 Å². The minimum atomic E-state index is -1.37. The van der Waals surface area contributed by atoms with Crippen molar-refractivity contribution in [2.24, 2.45) is 0 Å². The molecule has 0 aliphatic carbocycles. The van der Waals surface area contributed by atoms with E-state index in [1.54, 1.807) is 0 Å². The van der Waals surface area contributed by atoms with E-state index >= 15 is 0 Å². The molecule has 0 bridgehead atoms. The molecule has 0 aromatic heterocycles. The Balaban J connectivity index is 1.79. The Kier molecular flexibility index (Phi) is 40.3. The van der Waals surface area contributed by atoms with Crippen molar-refractivity contribution in [2.75, 3.05) is 165 Å². The molecule has 0 aliphatic rings. The fraction of sp³-hybridized carbons (Fsp3) is 0.854. The van der Waals surface area contributed by atoms with Gasteiger partial charge in [-0.3, -0.25) is 0 Å². The highest BCUT2D eigenvalue weighted by Gasteiger charge is 2.29. The van der Waals surface area contributed by atoms with E-state index in [1.807, 2.05) is 30.3 Å². The minimum absolute atomic E-state index is 0.0214. The number of rotatable bonds is 47. The van der Waals surface area contributed by atoms with E-state index < -0.39 is 5.79 Å². The molecule has 0 radical (unpaired) electrons. The lowest BCUT2D eigenvalue weighted by atomic mass is 10.0. The van der Waals surface area contributed by atoms with Gasteiger partial charge in [0.2, 0.25) is 5.79 Å². The Hall–Kier alpha value is -1.54. The molecular formula is C41H76O15. The zero-order chi connectivity index (χ0) is 40.1. The number of para-hydroxylation sites is 1. The predicted octanol–water partition coefficient (Wildman–Crippen LogP) is 4.09. The molecule has 330 valence electrons. The van der Waals surface area contributed by atoms with Crippen molar-refractivity contribution in [3.63, 3.8) is 0 Å². The second kappa shape index (κ2) is 43.0. The molecule has 1 aromatic rings. The monoisotopic (exact) mass is 809 g/mol. The van der Waals surface area contributed by atoms with Crippen LogP contribution in [-0.2, 0) is 56.8 Å². The minimum Gasteiger partial charge on any atom is -0.460 e. The van der Waals surface area contributed by atoms with Crippen molar-refractivity contribution < 1.29 is 71.8 Å². The van der Waals surface area contributed by atoms with E-state index in [0.29, 0.717) is 164 Å². The molecule has 15 nitrogen and oxygen atoms in total. The van der Waals surface area contributed by atoms with Crippen LogP contribution in [0.1, 0.15) is 58.3 Å². The smallest absolute Gasteiger partial charge is 0.231 e. The van der Waals surface area contributed by atoms with Crippen molar-refractivity contribution in [3.05, 3.63) is 30.3 Å². The maximum Gasteiger partial charge on any atom is 0.231 e. The van der Waals surface area contributed by atoms with E-state index in [-0.39, 0.29) is 13.2 Å². The predicted molar refractivity (Wildman–Crippen MR) is 212 cm³/mol. The standard InChI is InChI=1S/C41H76O15/c1-2-3-4-5-6-7-11-14-41(43,56-40-12-9-8-10-13-40)39-55-38-37-54-36-35-53-34-33-52-32-31-51-30-29-50-28-27-49-26-25-48-24-23-47-22-21-46-20-19-45-18-17-44-16-15-42/h8-10,12-13,42-43H,2-7,11,14-39H2,1H3. The second-order valence-corrected chi connectivity index (χ2v) is 12.7. The maximum atomic E-state index is 11.2. The Morgan fingerprint density at radius 2 is 0.696 bits per heavy atom. The van der Waals surface area contributed by atoms with Gasteiger partial charge in [0.1, 0.15) is 12.4 Å². The van der Waals surface area contributed by atoms with Crippen molar-refractivity contribution in [1.82, 2.24) is 0 Å². The topological polar surface area (TPSA) is 160 Å². The second-order valence-electron chi connectivity index (χ2n) is 12.7. The lowest BCUT2D eigenvalue weighted by molar-refractivity contribution is -0.185. The molecule has 0 amide bonds. The van der Waals surface area contributed by atoms with Crippen molar-refractivity contribution in [3.8, 4) is 5.75 Å². The lowest BCUT2D eigenvalue weighted by Crippen LogP contribution is -2.41. The van der Waals surface area contributed by atoms with E-state index in [2.05, 4.69) is 6.92 Å². The maximum absolute atomic E-state index is 11.2. The normalized spacial score (nSPS) is 12.7. The number of ether oxygens (including phenoxy) is 13. The Morgan fingerprint density at radius 1 is 0.393 bits per heavy atom. The van der Waals surface area contributed by atoms with Crippen molar-refractivity contribution in [1.29, 1.82) is 0 Å². The Labute approximate surface area is 336 Å². The van der Waals surface area contributed by atoms with Crippen LogP contribution in [0.3, 0.4) is 0 Å². The van der Waals surface area contributed by atoms with E-state index in [0.717, 1.165) is 12.8 Å². The largest absolute Gasteiger partial charge is 0.460 e. The Bertz CT molecular complexity index is 888. The van der Waals surface area contributed by atoms with Crippen LogP contribution in [0.4, 0.5) is 0 Å². The van der Waals surface area contributed by atoms with Crippen LogP contribution >= 0.6 is 0 Å². The lowest BCUT2D eigenvalue weighted by Gasteiger charge is -2.29. The molecule has 1 unspecified atom stereocenters. The first-order valence-electron chi connectivity index (χ1n) is 20.7. The van der Waals surface area contributed by atoms with Crippen LogP contribution in [0.2, 0.25) is 0 Å². The van der Waals surface area contributed by atoms with Gasteiger partial charge in [-0.2, -0.15) is 0 Å². The summed E-state index contributed by atoms with van der Waals surface area (Å²) in [6.45, 7) is 13.1. The summed E-state index contributed by atoms with van der Waals surface area (Å²) in [4.78, 5) is 0. The molecule has 15 heteroatoms. The average molecular weight is 809 g/mol. The molecule has 1 aromatic carbocycles. The number of hydrogen-bond acceptors (Lipinski definition) is 15. The molecule has 1 rings (SSSR count). The molecule has 0 fully saturated rings. The molecule has 0 spiro atoms. The first-order valence-corrected chi connectivity index (χ1v) is 20.7. The summed E-state index contributed by atoms with van der Waals surface area (Å²) < 4.78 is 71.7. The average Bonchev–Trinajstić information content (AvgIpc) is 3.20. The number of aliphatic hydroxyl groups excluding tert-OH is 1. The number of benzene rings is 1. The molecule has 56 heavy (non-hydrogen) atoms. The Morgan fingerprint density at radius 3 is 1.04 bits per heavy atom. The summed E-state index contributed by atoms with van der Waals surface area (Å²) >= 11 is 0. The number of aliphatic hydroxyl groups is 2. The van der Waals surface area contributed by atoms with Crippen LogP contribution in [0.15, 0.2) is 30.3 Å². The summed E-state index contributed by atoms with van der Waals surface area (Å²) in [5, 5.41) is 19.8. The number of hydrogen-bond donors (Lipinski definition) is 2. The van der Waals surface area contributed by atoms with Crippen LogP contribution in [0, 0.1) is 0 Å². The van der Waals surface area contributed by atoms with Gasteiger partial charge < -0.3 is 71.8 Å². The zero-order valence-electron chi connectivity index (χ0n) is 34.4. The van der Waals surface area contributed by atoms with Gasteiger partial charge in [-0.05, 0) is 18.6 Å². The van der Waals surface area contributed by atoms with E-state index in [1.165, 1.54) is 32.1 Å². The first kappa shape index (κ1) is 52.5. The van der Waals surface area contributed by atoms with Gasteiger partial charge in [0, 0.05) is 6.42 Å². The van der Waals surface area contributed by atoms with Gasteiger partial charge in [0.15, 0.2) is 0 Å². The van der Waals surface area contributed by atoms with Gasteiger partial charge in [-0.15, -0.1) is 0 Å². The molecule has 0 saturated heterocycles. The van der Waals surface area contributed by atoms with Gasteiger partial charge in [-0.25, -0.2) is 0 Å². The van der Waals surface area contributed by atoms with Crippen LogP contribution in [-0.4, -0.2) is 181 Å². The van der Waals surface area contributed by atoms with E-state index in [4.69, 9.17) is 66.7 Å². The quantitative estimate of drug-likeness (QED) is 0.0716. The summed E-state index contributed by atoms with van der Waals surface area (Å²) in [6.07, 6.45) is 8.68. The van der Waals surface area contributed by atoms with Crippen LogP contribution < -0.4 is 4.74 Å². The van der Waals surface area contributed by atoms with E-state index in [9.17, 15) is 5.11 Å². The third kappa shape index (κ3) is 38.0. The summed E-state index contributed by atoms with van der Waals surface area (Å²) in [5.74, 6) is -0.740. The van der Waals surface area contributed by atoms with Crippen molar-refractivity contribution in [2.45, 2.75) is 64.1 Å². The molecule has 2 N–H and O–H groups in total. The highest BCUT2D eigenvalue weighted by molar-refractivity contribution is 5.21. The third-order valence-electron chi connectivity index (χ3n) is 7.88. The fourth-order valence-corrected chi connectivity index (χ4v) is 4.93. The summed E-state index contributed by atoms with van der Waals surface area (Å²) in [7, 11) is 0. The van der Waals surface area contributed by atoms with Crippen LogP contribution in [0.25, 0.3) is 0 Å². The zero-order valence-corrected chi connectivity index (χ0v) is 34.4. The molecule has 0 aliphatic heterocycles. The fourth-order valence-electron chi connectivity index (χ4n) is 4.93. The highest BCUT2D eigenvalue weighted by Crippen LogP contribution is 2.23. The van der Waals surface area contributed by atoms with Gasteiger partial charge in [0.25, 0.3) is 0 Å². The highest BCUT2D eigenvalue weighted by atomic mass is 16.7. The summed E-state index contributed by atoms with van der Waals surface area (Å²) in [6, 6.07) is 9.39. The molecule has 0 saturated carbocycles.